The van der Waals surface area contributed by atoms with Gasteiger partial charge >= 0.3 is 0 Å². The van der Waals surface area contributed by atoms with E-state index < -0.39 is 43.4 Å². The lowest BCUT2D eigenvalue weighted by molar-refractivity contribution is -0.277. The fourth-order valence-electron chi connectivity index (χ4n) is 3.55. The van der Waals surface area contributed by atoms with Crippen LogP contribution in [0.5, 0.6) is 23.0 Å². The van der Waals surface area contributed by atoms with E-state index in [1.165, 1.54) is 30.3 Å². The van der Waals surface area contributed by atoms with Gasteiger partial charge in [-0.2, -0.15) is 0 Å². The Bertz CT molecular complexity index is 971. The van der Waals surface area contributed by atoms with Gasteiger partial charge in [-0.25, -0.2) is 0 Å². The molecule has 4 rings (SSSR count). The lowest BCUT2D eigenvalue weighted by Gasteiger charge is -2.39. The first-order chi connectivity index (χ1) is 14.8. The maximum Gasteiger partial charge on any atom is 0.270 e. The van der Waals surface area contributed by atoms with E-state index in [0.29, 0.717) is 5.56 Å². The van der Waals surface area contributed by atoms with Crippen LogP contribution in [-0.2, 0) is 4.74 Å². The molecule has 10 heteroatoms. The van der Waals surface area contributed by atoms with Gasteiger partial charge in [0.25, 0.3) is 11.9 Å². The van der Waals surface area contributed by atoms with Crippen LogP contribution in [0.2, 0.25) is 0 Å². The molecule has 0 spiro atoms. The van der Waals surface area contributed by atoms with Crippen LogP contribution < -0.4 is 4.74 Å². The Balaban J connectivity index is 1.60. The highest BCUT2D eigenvalue weighted by Gasteiger charge is 2.45. The van der Waals surface area contributed by atoms with Gasteiger partial charge in [0.15, 0.2) is 5.76 Å². The van der Waals surface area contributed by atoms with Crippen molar-refractivity contribution in [1.29, 1.82) is 0 Å². The van der Waals surface area contributed by atoms with Crippen molar-refractivity contribution in [1.82, 2.24) is 0 Å². The molecule has 31 heavy (non-hydrogen) atoms. The smallest absolute Gasteiger partial charge is 0.270 e. The Hall–Kier alpha value is -3.02. The predicted molar refractivity (Wildman–Crippen MR) is 106 cm³/mol. The molecule has 1 fully saturated rings. The number of rotatable bonds is 4. The summed E-state index contributed by atoms with van der Waals surface area (Å²) >= 11 is 0. The second kappa shape index (κ2) is 8.25. The average Bonchev–Trinajstić information content (AvgIpc) is 2.75. The third-order valence-corrected chi connectivity index (χ3v) is 5.26. The summed E-state index contributed by atoms with van der Waals surface area (Å²) in [5, 5.41) is 69.4. The van der Waals surface area contributed by atoms with Crippen LogP contribution >= 0.6 is 0 Å². The SMILES string of the molecule is OC[C@@H]1O[C@@H](Oc2cc(O)c3c(c2)[OH+]C(c2ccc(O)cc2)C(O)=C3)[C@H](O)[C@@H](O)[C@@H]1O. The van der Waals surface area contributed by atoms with Crippen LogP contribution in [0.15, 0.2) is 42.2 Å². The number of aliphatic hydroxyl groups excluding tert-OH is 5. The van der Waals surface area contributed by atoms with E-state index in [-0.39, 0.29) is 34.3 Å². The number of hydrogen-bond donors (Lipinski definition) is 7. The highest BCUT2D eigenvalue weighted by atomic mass is 16.7. The molecule has 6 atom stereocenters. The van der Waals surface area contributed by atoms with Crippen molar-refractivity contribution in [3.63, 3.8) is 0 Å². The molecule has 0 aromatic heterocycles. The van der Waals surface area contributed by atoms with Gasteiger partial charge in [-0.05, 0) is 24.3 Å². The largest absolute Gasteiger partial charge is 0.571 e. The van der Waals surface area contributed by atoms with E-state index in [4.69, 9.17) is 9.47 Å². The molecular formula is C21H23O10+. The number of phenols is 2. The summed E-state index contributed by atoms with van der Waals surface area (Å²) in [4.78, 5) is 0. The highest BCUT2D eigenvalue weighted by Crippen LogP contribution is 2.44. The molecule has 166 valence electrons. The molecule has 1 saturated heterocycles. The van der Waals surface area contributed by atoms with E-state index in [1.54, 1.807) is 12.1 Å². The van der Waals surface area contributed by atoms with Crippen molar-refractivity contribution in [2.75, 3.05) is 6.61 Å². The van der Waals surface area contributed by atoms with Crippen molar-refractivity contribution in [2.45, 2.75) is 36.8 Å². The van der Waals surface area contributed by atoms with Crippen molar-refractivity contribution in [3.05, 3.63) is 53.3 Å². The minimum Gasteiger partial charge on any atom is -0.571 e. The molecule has 0 radical (unpaired) electrons. The van der Waals surface area contributed by atoms with Gasteiger partial charge in [0.2, 0.25) is 6.29 Å². The third-order valence-electron chi connectivity index (χ3n) is 5.26. The number of aromatic hydroxyl groups is 3. The number of phenolic OH excluding ortho intramolecular Hbond substituents is 2. The molecule has 2 aliphatic heterocycles. The summed E-state index contributed by atoms with van der Waals surface area (Å²) < 4.78 is 15.3. The average molecular weight is 435 g/mol. The number of benzene rings is 2. The predicted octanol–water partition coefficient (Wildman–Crippen LogP) is 0.172. The van der Waals surface area contributed by atoms with Crippen LogP contribution in [0.4, 0.5) is 0 Å². The quantitative estimate of drug-likeness (QED) is 0.330. The molecule has 0 saturated carbocycles. The number of ether oxygens (including phenoxy) is 3. The summed E-state index contributed by atoms with van der Waals surface area (Å²) in [5.41, 5.74) is 0.866. The lowest BCUT2D eigenvalue weighted by atomic mass is 9.99. The normalized spacial score (nSPS) is 30.1. The minimum absolute atomic E-state index is 0.0450. The monoisotopic (exact) mass is 435 g/mol. The van der Waals surface area contributed by atoms with Crippen molar-refractivity contribution in [3.8, 4) is 23.0 Å². The Morgan fingerprint density at radius 2 is 1.65 bits per heavy atom. The fourth-order valence-corrected chi connectivity index (χ4v) is 3.55. The van der Waals surface area contributed by atoms with Crippen LogP contribution in [-0.4, -0.2) is 77.8 Å². The zero-order valence-corrected chi connectivity index (χ0v) is 16.1. The van der Waals surface area contributed by atoms with Gasteiger partial charge in [-0.3, -0.25) is 0 Å². The molecule has 1 unspecified atom stereocenters. The first kappa shape index (κ1) is 21.2. The van der Waals surface area contributed by atoms with Crippen molar-refractivity contribution < 1.29 is 50.0 Å². The second-order valence-electron chi connectivity index (χ2n) is 7.38. The van der Waals surface area contributed by atoms with Crippen LogP contribution in [0.25, 0.3) is 6.08 Å². The molecule has 2 aromatic rings. The number of hydrogen-bond acceptors (Lipinski definition) is 9. The van der Waals surface area contributed by atoms with Gasteiger partial charge < -0.3 is 50.0 Å². The summed E-state index contributed by atoms with van der Waals surface area (Å²) in [5.74, 6) is 0.0444. The molecule has 2 heterocycles. The Morgan fingerprint density at radius 1 is 0.935 bits per heavy atom. The maximum atomic E-state index is 10.4. The van der Waals surface area contributed by atoms with Crippen LogP contribution in [0, 0.1) is 0 Å². The van der Waals surface area contributed by atoms with Gasteiger partial charge in [0, 0.05) is 12.1 Å². The summed E-state index contributed by atoms with van der Waals surface area (Å²) in [6.45, 7) is -0.603. The Morgan fingerprint density at radius 3 is 2.32 bits per heavy atom. The van der Waals surface area contributed by atoms with E-state index in [1.807, 2.05) is 0 Å². The van der Waals surface area contributed by atoms with Crippen LogP contribution in [0.1, 0.15) is 17.2 Å². The lowest BCUT2D eigenvalue weighted by Crippen LogP contribution is -2.60. The number of fused-ring (bicyclic) bond motifs is 1. The zero-order chi connectivity index (χ0) is 22.3. The van der Waals surface area contributed by atoms with Gasteiger partial charge in [0.05, 0.1) is 18.2 Å². The zero-order valence-electron chi connectivity index (χ0n) is 16.1. The molecular weight excluding hydrogens is 412 g/mol. The standard InChI is InChI=1S/C21H22O10/c22-8-16-17(26)18(27)19(28)21(31-16)29-11-5-13(24)12-7-14(25)20(30-15(12)6-11)9-1-3-10(23)4-2-9/h1-7,16-28H,8H2/p+1/t16-,17+,18-,19+,20?,21+/m0/s1. The second-order valence-corrected chi connectivity index (χ2v) is 7.38. The van der Waals surface area contributed by atoms with Crippen molar-refractivity contribution in [2.24, 2.45) is 0 Å². The Kier molecular flexibility index (Phi) is 5.65. The fraction of sp³-hybridized carbons (Fsp3) is 0.333. The molecule has 0 amide bonds. The number of aliphatic hydroxyl groups is 6. The van der Waals surface area contributed by atoms with Gasteiger partial charge in [0.1, 0.15) is 47.2 Å². The van der Waals surface area contributed by atoms with Crippen molar-refractivity contribution >= 4 is 6.08 Å². The van der Waals surface area contributed by atoms with E-state index >= 15 is 0 Å². The van der Waals surface area contributed by atoms with Crippen LogP contribution in [0.3, 0.4) is 0 Å². The summed E-state index contributed by atoms with van der Waals surface area (Å²) in [6.07, 6.45) is -6.70. The first-order valence-corrected chi connectivity index (χ1v) is 9.53. The summed E-state index contributed by atoms with van der Waals surface area (Å²) in [6, 6.07) is 8.81. The van der Waals surface area contributed by atoms with E-state index in [9.17, 15) is 35.7 Å². The first-order valence-electron chi connectivity index (χ1n) is 9.53. The Labute approximate surface area is 176 Å². The molecule has 8 N–H and O–H groups in total. The molecule has 0 bridgehead atoms. The topological polar surface area (TPSA) is 173 Å². The van der Waals surface area contributed by atoms with Gasteiger partial charge in [-0.1, -0.05) is 0 Å². The highest BCUT2D eigenvalue weighted by molar-refractivity contribution is 5.69. The molecule has 0 aliphatic carbocycles. The molecule has 2 aliphatic rings. The van der Waals surface area contributed by atoms with Gasteiger partial charge in [-0.15, -0.1) is 0 Å². The maximum absolute atomic E-state index is 10.4. The van der Waals surface area contributed by atoms with E-state index in [0.717, 1.165) is 0 Å². The summed E-state index contributed by atoms with van der Waals surface area (Å²) in [7, 11) is 0. The van der Waals surface area contributed by atoms with E-state index in [2.05, 4.69) is 4.74 Å². The molecule has 2 aromatic carbocycles. The molecule has 10 nitrogen and oxygen atoms in total. The third kappa shape index (κ3) is 3.99. The minimum atomic E-state index is -1.61.